The van der Waals surface area contributed by atoms with Crippen LogP contribution in [0, 0.1) is 6.92 Å². The van der Waals surface area contributed by atoms with E-state index in [1.807, 2.05) is 0 Å². The minimum Gasteiger partial charge on any atom is -0.507 e. The number of rotatable bonds is 2. The van der Waals surface area contributed by atoms with E-state index in [0.717, 1.165) is 0 Å². The van der Waals surface area contributed by atoms with Crippen LogP contribution in [0.1, 0.15) is 16.1 Å². The van der Waals surface area contributed by atoms with Crippen LogP contribution in [0.2, 0.25) is 0 Å². The minimum absolute atomic E-state index is 0.0262. The summed E-state index contributed by atoms with van der Waals surface area (Å²) in [6.07, 6.45) is 0. The molecule has 0 aliphatic carbocycles. The second kappa shape index (κ2) is 5.71. The molecule has 2 N–H and O–H groups in total. The molecule has 0 radical (unpaired) electrons. The Bertz CT molecular complexity index is 645. The molecule has 1 aromatic carbocycles. The maximum atomic E-state index is 12.0. The van der Waals surface area contributed by atoms with Crippen LogP contribution < -0.4 is 5.32 Å². The average Bonchev–Trinajstić information content (AvgIpc) is 2.36. The number of benzene rings is 1. The highest BCUT2D eigenvalue weighted by atomic mass is 79.9. The number of halogens is 2. The second-order valence-corrected chi connectivity index (χ2v) is 5.55. The summed E-state index contributed by atoms with van der Waals surface area (Å²) in [4.78, 5) is 16.2. The number of carbonyl (C=O) groups excluding carboxylic acids is 1. The molecular weight excluding hydrogens is 376 g/mol. The Kier molecular flexibility index (Phi) is 4.21. The van der Waals surface area contributed by atoms with Gasteiger partial charge in [-0.2, -0.15) is 0 Å². The van der Waals surface area contributed by atoms with Gasteiger partial charge in [0.25, 0.3) is 5.91 Å². The molecule has 0 unspecified atom stereocenters. The highest BCUT2D eigenvalue weighted by Crippen LogP contribution is 2.25. The number of amides is 1. The molecule has 1 aromatic heterocycles. The van der Waals surface area contributed by atoms with E-state index < -0.39 is 0 Å². The van der Waals surface area contributed by atoms with Gasteiger partial charge in [-0.1, -0.05) is 0 Å². The molecule has 0 spiro atoms. The van der Waals surface area contributed by atoms with Crippen molar-refractivity contribution in [2.45, 2.75) is 6.92 Å². The van der Waals surface area contributed by atoms with Gasteiger partial charge in [0.15, 0.2) is 0 Å². The summed E-state index contributed by atoms with van der Waals surface area (Å²) in [6.45, 7) is 1.80. The third kappa shape index (κ3) is 3.33. The third-order valence-electron chi connectivity index (χ3n) is 2.51. The fourth-order valence-corrected chi connectivity index (χ4v) is 2.16. The number of hydrogen-bond acceptors (Lipinski definition) is 3. The second-order valence-electron chi connectivity index (χ2n) is 3.89. The van der Waals surface area contributed by atoms with E-state index in [1.54, 1.807) is 31.2 Å². The molecule has 0 aliphatic rings. The van der Waals surface area contributed by atoms with Crippen LogP contribution in [0.15, 0.2) is 39.4 Å². The summed E-state index contributed by atoms with van der Waals surface area (Å²) < 4.78 is 1.26. The standard InChI is InChI=1S/C13H10Br2N2O2/c1-7-10(4-5-12(15)16-7)17-13(19)8-2-3-9(14)11(18)6-8/h2-6,18H,1H3,(H,17,19). The molecule has 0 atom stereocenters. The van der Waals surface area contributed by atoms with Crippen molar-refractivity contribution in [2.24, 2.45) is 0 Å². The van der Waals surface area contributed by atoms with Gasteiger partial charge in [-0.15, -0.1) is 0 Å². The molecule has 1 amide bonds. The molecule has 0 bridgehead atoms. The lowest BCUT2D eigenvalue weighted by atomic mass is 10.2. The summed E-state index contributed by atoms with van der Waals surface area (Å²) in [6, 6.07) is 8.17. The number of phenols is 1. The van der Waals surface area contributed by atoms with Gasteiger partial charge < -0.3 is 10.4 Å². The molecule has 1 heterocycles. The average molecular weight is 386 g/mol. The third-order valence-corrected chi connectivity index (χ3v) is 3.62. The monoisotopic (exact) mass is 384 g/mol. The number of aryl methyl sites for hydroxylation is 1. The number of hydrogen-bond donors (Lipinski definition) is 2. The van der Waals surface area contributed by atoms with Crippen molar-refractivity contribution < 1.29 is 9.90 Å². The van der Waals surface area contributed by atoms with Gasteiger partial charge in [0.2, 0.25) is 0 Å². The number of aromatic hydroxyl groups is 1. The summed E-state index contributed by atoms with van der Waals surface area (Å²) in [5.74, 6) is -0.270. The quantitative estimate of drug-likeness (QED) is 0.771. The van der Waals surface area contributed by atoms with Gasteiger partial charge in [-0.25, -0.2) is 4.98 Å². The number of aromatic nitrogens is 1. The first-order valence-electron chi connectivity index (χ1n) is 5.40. The number of anilines is 1. The van der Waals surface area contributed by atoms with Crippen molar-refractivity contribution in [1.82, 2.24) is 4.98 Å². The molecule has 0 saturated heterocycles. The molecule has 2 aromatic rings. The van der Waals surface area contributed by atoms with E-state index in [9.17, 15) is 9.90 Å². The first kappa shape index (κ1) is 14.0. The van der Waals surface area contributed by atoms with Crippen LogP contribution >= 0.6 is 31.9 Å². The van der Waals surface area contributed by atoms with Gasteiger partial charge in [0.05, 0.1) is 15.9 Å². The fraction of sp³-hybridized carbons (Fsp3) is 0.0769. The minimum atomic E-state index is -0.296. The molecule has 6 heteroatoms. The number of phenolic OH excluding ortho intramolecular Hbond substituents is 1. The number of nitrogens with one attached hydrogen (secondary N) is 1. The van der Waals surface area contributed by atoms with Crippen LogP contribution in [-0.4, -0.2) is 16.0 Å². The lowest BCUT2D eigenvalue weighted by Gasteiger charge is -2.08. The van der Waals surface area contributed by atoms with E-state index >= 15 is 0 Å². The Morgan fingerprint density at radius 3 is 2.63 bits per heavy atom. The molecule has 2 rings (SSSR count). The van der Waals surface area contributed by atoms with E-state index in [4.69, 9.17) is 0 Å². The smallest absolute Gasteiger partial charge is 0.255 e. The largest absolute Gasteiger partial charge is 0.507 e. The fourth-order valence-electron chi connectivity index (χ4n) is 1.51. The van der Waals surface area contributed by atoms with Crippen molar-refractivity contribution >= 4 is 43.5 Å². The molecule has 98 valence electrons. The Morgan fingerprint density at radius 2 is 2.00 bits per heavy atom. The Balaban J connectivity index is 2.23. The van der Waals surface area contributed by atoms with Crippen LogP contribution in [0.4, 0.5) is 5.69 Å². The molecule has 0 saturated carbocycles. The molecular formula is C13H10Br2N2O2. The zero-order valence-corrected chi connectivity index (χ0v) is 13.1. The molecule has 0 aliphatic heterocycles. The molecule has 0 fully saturated rings. The van der Waals surface area contributed by atoms with Crippen molar-refractivity contribution in [1.29, 1.82) is 0 Å². The van der Waals surface area contributed by atoms with Crippen LogP contribution in [0.3, 0.4) is 0 Å². The lowest BCUT2D eigenvalue weighted by Crippen LogP contribution is -2.13. The first-order valence-corrected chi connectivity index (χ1v) is 6.99. The maximum Gasteiger partial charge on any atom is 0.255 e. The molecule has 4 nitrogen and oxygen atoms in total. The van der Waals surface area contributed by atoms with Crippen molar-refractivity contribution in [2.75, 3.05) is 5.32 Å². The summed E-state index contributed by atoms with van der Waals surface area (Å²) >= 11 is 6.43. The van der Waals surface area contributed by atoms with Gasteiger partial charge >= 0.3 is 0 Å². The lowest BCUT2D eigenvalue weighted by molar-refractivity contribution is 0.102. The number of carbonyl (C=O) groups is 1. The van der Waals surface area contributed by atoms with Crippen molar-refractivity contribution in [3.63, 3.8) is 0 Å². The van der Waals surface area contributed by atoms with E-state index in [1.165, 1.54) is 6.07 Å². The number of pyridine rings is 1. The number of nitrogens with zero attached hydrogens (tertiary/aromatic N) is 1. The predicted molar refractivity (Wildman–Crippen MR) is 80.4 cm³/mol. The summed E-state index contributed by atoms with van der Waals surface area (Å²) in [5.41, 5.74) is 1.72. The van der Waals surface area contributed by atoms with Crippen LogP contribution in [-0.2, 0) is 0 Å². The SMILES string of the molecule is Cc1nc(Br)ccc1NC(=O)c1ccc(Br)c(O)c1. The van der Waals surface area contributed by atoms with Crippen molar-refractivity contribution in [3.05, 3.63) is 50.7 Å². The van der Waals surface area contributed by atoms with Gasteiger partial charge in [0.1, 0.15) is 10.4 Å². The highest BCUT2D eigenvalue weighted by molar-refractivity contribution is 9.10. The predicted octanol–water partition coefficient (Wildman–Crippen LogP) is 3.87. The van der Waals surface area contributed by atoms with E-state index in [-0.39, 0.29) is 11.7 Å². The van der Waals surface area contributed by atoms with E-state index in [2.05, 4.69) is 42.2 Å². The van der Waals surface area contributed by atoms with Crippen LogP contribution in [0.5, 0.6) is 5.75 Å². The van der Waals surface area contributed by atoms with Crippen LogP contribution in [0.25, 0.3) is 0 Å². The Labute approximate surface area is 127 Å². The zero-order valence-electron chi connectivity index (χ0n) is 9.95. The van der Waals surface area contributed by atoms with Crippen molar-refractivity contribution in [3.8, 4) is 5.75 Å². The van der Waals surface area contributed by atoms with Gasteiger partial charge in [-0.3, -0.25) is 4.79 Å². The Morgan fingerprint density at radius 1 is 1.26 bits per heavy atom. The summed E-state index contributed by atoms with van der Waals surface area (Å²) in [7, 11) is 0. The first-order chi connectivity index (χ1) is 8.97. The normalized spacial score (nSPS) is 10.3. The Hall–Kier alpha value is -1.40. The maximum absolute atomic E-state index is 12.0. The van der Waals surface area contributed by atoms with Gasteiger partial charge in [-0.05, 0) is 69.1 Å². The highest BCUT2D eigenvalue weighted by Gasteiger charge is 2.10. The zero-order chi connectivity index (χ0) is 14.0. The molecule has 19 heavy (non-hydrogen) atoms. The van der Waals surface area contributed by atoms with Gasteiger partial charge in [0, 0.05) is 5.56 Å². The topological polar surface area (TPSA) is 62.2 Å². The summed E-state index contributed by atoms with van der Waals surface area (Å²) in [5, 5.41) is 12.3. The van der Waals surface area contributed by atoms with E-state index in [0.29, 0.717) is 26.0 Å².